The molecule has 0 bridgehead atoms. The Labute approximate surface area is 232 Å². The molecule has 0 aromatic heterocycles. The molecule has 1 aliphatic carbocycles. The van der Waals surface area contributed by atoms with Crippen molar-refractivity contribution >= 4 is 38.1 Å². The molecule has 0 spiro atoms. The molecule has 0 saturated carbocycles. The average molecular weight is 575 g/mol. The molecule has 2 fully saturated rings. The Morgan fingerprint density at radius 1 is 1.03 bits per heavy atom. The zero-order chi connectivity index (χ0) is 26.9. The highest BCUT2D eigenvalue weighted by Gasteiger charge is 2.35. The molecule has 0 amide bonds. The van der Waals surface area contributed by atoms with Gasteiger partial charge in [0.25, 0.3) is 0 Å². The number of hydrogen-bond acceptors (Lipinski definition) is 5. The van der Waals surface area contributed by atoms with Crippen LogP contribution in [0.5, 0.6) is 0 Å². The first-order chi connectivity index (χ1) is 18.2. The second kappa shape index (κ2) is 11.4. The molecular weight excluding hydrogens is 546 g/mol. The number of halogens is 3. The number of benzene rings is 2. The van der Waals surface area contributed by atoms with E-state index in [1.54, 1.807) is 0 Å². The fourth-order valence-electron chi connectivity index (χ4n) is 5.21. The van der Waals surface area contributed by atoms with Crippen LogP contribution in [0.3, 0.4) is 0 Å². The largest absolute Gasteiger partial charge is 0.375 e. The van der Waals surface area contributed by atoms with Gasteiger partial charge in [-0.25, -0.2) is 17.2 Å². The number of allylic oxidation sites excluding steroid dienone is 3. The molecule has 0 N–H and O–H groups in total. The van der Waals surface area contributed by atoms with Crippen molar-refractivity contribution in [3.05, 3.63) is 111 Å². The van der Waals surface area contributed by atoms with E-state index in [0.717, 1.165) is 66.6 Å². The monoisotopic (exact) mass is 574 g/mol. The summed E-state index contributed by atoms with van der Waals surface area (Å²) >= 11 is 8.14. The molecule has 0 unspecified atom stereocenters. The molecule has 2 saturated heterocycles. The normalized spacial score (nSPS) is 20.3. The quantitative estimate of drug-likeness (QED) is 0.408. The van der Waals surface area contributed by atoms with Gasteiger partial charge in [-0.05, 0) is 58.5 Å². The molecule has 0 radical (unpaired) electrons. The second-order valence-corrected chi connectivity index (χ2v) is 13.4. The SMILES string of the molecule is CS(=O)(=O)C(=C1CN([C@@H](C2=CCC(=CN3CCSCC3)C=C2)c2ccc(Cl)cc2)C1)c1cc(F)cc(F)c1. The van der Waals surface area contributed by atoms with Crippen molar-refractivity contribution in [3.8, 4) is 0 Å². The summed E-state index contributed by atoms with van der Waals surface area (Å²) in [6.45, 7) is 2.86. The number of rotatable bonds is 6. The van der Waals surface area contributed by atoms with E-state index in [4.69, 9.17) is 11.6 Å². The highest BCUT2D eigenvalue weighted by molar-refractivity contribution is 8.00. The van der Waals surface area contributed by atoms with E-state index in [2.05, 4.69) is 34.2 Å². The van der Waals surface area contributed by atoms with Crippen LogP contribution in [0.25, 0.3) is 4.91 Å². The maximum Gasteiger partial charge on any atom is 0.176 e. The molecule has 1 atom stereocenters. The number of thioether (sulfide) groups is 1. The van der Waals surface area contributed by atoms with Crippen molar-refractivity contribution in [1.82, 2.24) is 9.80 Å². The van der Waals surface area contributed by atoms with Gasteiger partial charge in [-0.1, -0.05) is 42.0 Å². The Morgan fingerprint density at radius 3 is 2.26 bits per heavy atom. The van der Waals surface area contributed by atoms with Gasteiger partial charge < -0.3 is 4.90 Å². The van der Waals surface area contributed by atoms with E-state index in [0.29, 0.717) is 23.7 Å². The molecule has 2 aliphatic heterocycles. The van der Waals surface area contributed by atoms with Crippen molar-refractivity contribution < 1.29 is 17.2 Å². The highest BCUT2D eigenvalue weighted by Crippen LogP contribution is 2.40. The van der Waals surface area contributed by atoms with E-state index in [1.165, 1.54) is 5.57 Å². The number of nitrogens with zero attached hydrogens (tertiary/aromatic N) is 2. The van der Waals surface area contributed by atoms with Gasteiger partial charge in [0.15, 0.2) is 9.84 Å². The first-order valence-electron chi connectivity index (χ1n) is 12.5. The Balaban J connectivity index is 1.43. The lowest BCUT2D eigenvalue weighted by Gasteiger charge is -2.43. The molecule has 9 heteroatoms. The van der Waals surface area contributed by atoms with Gasteiger partial charge in [0.05, 0.1) is 10.9 Å². The van der Waals surface area contributed by atoms with Crippen molar-refractivity contribution in [2.24, 2.45) is 0 Å². The summed E-state index contributed by atoms with van der Waals surface area (Å²) in [7, 11) is -3.72. The fourth-order valence-corrected chi connectivity index (χ4v) is 7.47. The fraction of sp³-hybridized carbons (Fsp3) is 0.310. The molecule has 5 rings (SSSR count). The van der Waals surface area contributed by atoms with Crippen molar-refractivity contribution in [3.63, 3.8) is 0 Å². The summed E-state index contributed by atoms with van der Waals surface area (Å²) in [5.41, 5.74) is 4.11. The smallest absolute Gasteiger partial charge is 0.176 e. The molecule has 3 aliphatic rings. The van der Waals surface area contributed by atoms with Crippen molar-refractivity contribution in [2.45, 2.75) is 12.5 Å². The van der Waals surface area contributed by atoms with Crippen LogP contribution in [0.2, 0.25) is 5.02 Å². The van der Waals surface area contributed by atoms with Crippen LogP contribution >= 0.6 is 23.4 Å². The molecule has 2 aromatic rings. The van der Waals surface area contributed by atoms with Crippen LogP contribution in [-0.2, 0) is 9.84 Å². The maximum atomic E-state index is 13.9. The van der Waals surface area contributed by atoms with E-state index in [-0.39, 0.29) is 16.5 Å². The molecule has 2 heterocycles. The Hall–Kier alpha value is -2.39. The van der Waals surface area contributed by atoms with Crippen LogP contribution in [0.4, 0.5) is 8.78 Å². The predicted octanol–water partition coefficient (Wildman–Crippen LogP) is 6.25. The lowest BCUT2D eigenvalue weighted by molar-refractivity contribution is 0.202. The third-order valence-electron chi connectivity index (χ3n) is 6.93. The first-order valence-corrected chi connectivity index (χ1v) is 15.9. The predicted molar refractivity (Wildman–Crippen MR) is 153 cm³/mol. The third kappa shape index (κ3) is 6.25. The van der Waals surface area contributed by atoms with Gasteiger partial charge in [0.1, 0.15) is 11.6 Å². The molecule has 2 aromatic carbocycles. The van der Waals surface area contributed by atoms with Gasteiger partial charge >= 0.3 is 0 Å². The summed E-state index contributed by atoms with van der Waals surface area (Å²) in [4.78, 5) is 4.55. The minimum Gasteiger partial charge on any atom is -0.375 e. The van der Waals surface area contributed by atoms with Crippen LogP contribution in [-0.4, -0.2) is 62.2 Å². The van der Waals surface area contributed by atoms with Gasteiger partial charge in [-0.15, -0.1) is 0 Å². The molecule has 4 nitrogen and oxygen atoms in total. The first kappa shape index (κ1) is 27.2. The average Bonchev–Trinajstić information content (AvgIpc) is 2.84. The Morgan fingerprint density at radius 2 is 1.68 bits per heavy atom. The van der Waals surface area contributed by atoms with Crippen LogP contribution in [0.1, 0.15) is 23.6 Å². The summed E-state index contributed by atoms with van der Waals surface area (Å²) in [6, 6.07) is 10.5. The summed E-state index contributed by atoms with van der Waals surface area (Å²) in [5, 5.41) is 0.641. The molecule has 38 heavy (non-hydrogen) atoms. The lowest BCUT2D eigenvalue weighted by Crippen LogP contribution is -2.44. The Bertz CT molecular complexity index is 1420. The van der Waals surface area contributed by atoms with Crippen molar-refractivity contribution in [2.75, 3.05) is 43.9 Å². The number of sulfone groups is 1. The number of hydrogen-bond donors (Lipinski definition) is 0. The minimum atomic E-state index is -3.72. The third-order valence-corrected chi connectivity index (χ3v) is 9.39. The number of likely N-dealkylation sites (tertiary alicyclic amines) is 1. The summed E-state index contributed by atoms with van der Waals surface area (Å²) in [6.07, 6.45) is 10.7. The van der Waals surface area contributed by atoms with Gasteiger partial charge in [0, 0.05) is 61.2 Å². The maximum absolute atomic E-state index is 13.9. The molecular formula is C29H29ClF2N2O2S2. The van der Waals surface area contributed by atoms with E-state index < -0.39 is 21.5 Å². The van der Waals surface area contributed by atoms with Crippen LogP contribution in [0.15, 0.2) is 83.6 Å². The zero-order valence-corrected chi connectivity index (χ0v) is 23.4. The summed E-state index contributed by atoms with van der Waals surface area (Å²) in [5.74, 6) is 0.689. The van der Waals surface area contributed by atoms with Crippen molar-refractivity contribution in [1.29, 1.82) is 0 Å². The van der Waals surface area contributed by atoms with Crippen LogP contribution in [0, 0.1) is 11.6 Å². The van der Waals surface area contributed by atoms with E-state index >= 15 is 0 Å². The topological polar surface area (TPSA) is 40.6 Å². The van der Waals surface area contributed by atoms with Gasteiger partial charge in [-0.3, -0.25) is 4.90 Å². The van der Waals surface area contributed by atoms with E-state index in [9.17, 15) is 17.2 Å². The van der Waals surface area contributed by atoms with Gasteiger partial charge in [0.2, 0.25) is 0 Å². The lowest BCUT2D eigenvalue weighted by atomic mass is 9.88. The second-order valence-electron chi connectivity index (χ2n) is 9.82. The molecule has 200 valence electrons. The van der Waals surface area contributed by atoms with Gasteiger partial charge in [-0.2, -0.15) is 11.8 Å². The highest BCUT2D eigenvalue weighted by atomic mass is 35.5. The summed E-state index contributed by atoms with van der Waals surface area (Å²) < 4.78 is 53.3. The Kier molecular flexibility index (Phi) is 8.14. The zero-order valence-electron chi connectivity index (χ0n) is 21.0. The van der Waals surface area contributed by atoms with E-state index in [1.807, 2.05) is 36.0 Å². The minimum absolute atomic E-state index is 0.0000800. The van der Waals surface area contributed by atoms with Crippen LogP contribution < -0.4 is 0 Å². The standard InChI is InChI=1S/C29H29ClF2N2O2S2/c1-38(35,36)29(23-14-26(31)16-27(32)15-23)24-18-34(19-24)28(22-6-8-25(30)9-7-22)21-4-2-20(3-5-21)17-33-10-12-37-13-11-33/h2,4-9,14-17,28H,3,10-13,18-19H2,1H3/t28-/m0/s1.